The first kappa shape index (κ1) is 19.4. The smallest absolute Gasteiger partial charge is 0.251 e. The first-order valence-electron chi connectivity index (χ1n) is 9.49. The Hall–Kier alpha value is -3.33. The van der Waals surface area contributed by atoms with Crippen LogP contribution in [0.25, 0.3) is 11.6 Å². The molecule has 28 heavy (non-hydrogen) atoms. The van der Waals surface area contributed by atoms with Crippen molar-refractivity contribution in [2.45, 2.75) is 12.8 Å². The van der Waals surface area contributed by atoms with E-state index in [2.05, 4.69) is 17.4 Å². The summed E-state index contributed by atoms with van der Waals surface area (Å²) in [6.45, 7) is 0.639. The number of aryl methyl sites for hydroxylation is 1. The standard InChI is InChI=1S/C25H25NO2/c1-28-23-16-14-21(15-17-23)19-24(22-12-6-3-7-13-22)25(27)26-18-8-11-20-9-4-2-5-10-20/h2-7,9-10,12-17,19H,8,11,18H2,1H3,(H,26,27)/b24-19+. The maximum Gasteiger partial charge on any atom is 0.251 e. The minimum Gasteiger partial charge on any atom is -0.497 e. The second kappa shape index (κ2) is 10.1. The molecule has 1 amide bonds. The van der Waals surface area contributed by atoms with Gasteiger partial charge in [0.1, 0.15) is 5.75 Å². The Morgan fingerprint density at radius 3 is 2.18 bits per heavy atom. The van der Waals surface area contributed by atoms with Crippen molar-refractivity contribution in [1.29, 1.82) is 0 Å². The minimum atomic E-state index is -0.0601. The van der Waals surface area contributed by atoms with Crippen molar-refractivity contribution < 1.29 is 9.53 Å². The fourth-order valence-electron chi connectivity index (χ4n) is 3.00. The number of hydrogen-bond acceptors (Lipinski definition) is 2. The predicted molar refractivity (Wildman–Crippen MR) is 115 cm³/mol. The van der Waals surface area contributed by atoms with Gasteiger partial charge < -0.3 is 10.1 Å². The van der Waals surface area contributed by atoms with Crippen LogP contribution >= 0.6 is 0 Å². The van der Waals surface area contributed by atoms with E-state index in [-0.39, 0.29) is 5.91 Å². The number of amides is 1. The van der Waals surface area contributed by atoms with Crippen molar-refractivity contribution in [3.63, 3.8) is 0 Å². The molecule has 0 fully saturated rings. The van der Waals surface area contributed by atoms with E-state index >= 15 is 0 Å². The highest BCUT2D eigenvalue weighted by molar-refractivity contribution is 6.24. The van der Waals surface area contributed by atoms with Crippen LogP contribution in [-0.2, 0) is 11.2 Å². The third kappa shape index (κ3) is 5.58. The Balaban J connectivity index is 1.69. The summed E-state index contributed by atoms with van der Waals surface area (Å²) in [6, 6.07) is 27.8. The zero-order valence-corrected chi connectivity index (χ0v) is 16.1. The molecule has 3 aromatic carbocycles. The van der Waals surface area contributed by atoms with Gasteiger partial charge in [0.25, 0.3) is 5.91 Å². The summed E-state index contributed by atoms with van der Waals surface area (Å²) in [5.74, 6) is 0.735. The van der Waals surface area contributed by atoms with Crippen LogP contribution in [0.2, 0.25) is 0 Å². The van der Waals surface area contributed by atoms with Crippen LogP contribution in [0.1, 0.15) is 23.1 Å². The second-order valence-electron chi connectivity index (χ2n) is 6.54. The molecule has 0 atom stereocenters. The Morgan fingerprint density at radius 2 is 1.54 bits per heavy atom. The monoisotopic (exact) mass is 371 g/mol. The molecule has 0 aliphatic heterocycles. The van der Waals surface area contributed by atoms with Gasteiger partial charge in [-0.3, -0.25) is 4.79 Å². The number of methoxy groups -OCH3 is 1. The summed E-state index contributed by atoms with van der Waals surface area (Å²) < 4.78 is 5.21. The second-order valence-corrected chi connectivity index (χ2v) is 6.54. The molecule has 0 bridgehead atoms. The highest BCUT2D eigenvalue weighted by Gasteiger charge is 2.11. The minimum absolute atomic E-state index is 0.0601. The number of carbonyl (C=O) groups excluding carboxylic acids is 1. The summed E-state index contributed by atoms with van der Waals surface area (Å²) in [5, 5.41) is 3.06. The first-order valence-corrected chi connectivity index (χ1v) is 9.49. The first-order chi connectivity index (χ1) is 13.8. The molecule has 0 saturated heterocycles. The summed E-state index contributed by atoms with van der Waals surface area (Å²) in [6.07, 6.45) is 3.77. The van der Waals surface area contributed by atoms with Crippen molar-refractivity contribution in [1.82, 2.24) is 5.32 Å². The van der Waals surface area contributed by atoms with Crippen LogP contribution in [0.5, 0.6) is 5.75 Å². The number of rotatable bonds is 8. The molecular weight excluding hydrogens is 346 g/mol. The number of carbonyl (C=O) groups is 1. The van der Waals surface area contributed by atoms with Gasteiger partial charge in [0, 0.05) is 12.1 Å². The summed E-state index contributed by atoms with van der Waals surface area (Å²) in [4.78, 5) is 12.9. The van der Waals surface area contributed by atoms with Gasteiger partial charge >= 0.3 is 0 Å². The molecule has 3 heteroatoms. The molecule has 0 heterocycles. The third-order valence-corrected chi connectivity index (χ3v) is 4.53. The van der Waals surface area contributed by atoms with E-state index in [1.54, 1.807) is 7.11 Å². The molecule has 3 aromatic rings. The van der Waals surface area contributed by atoms with Crippen LogP contribution < -0.4 is 10.1 Å². The topological polar surface area (TPSA) is 38.3 Å². The van der Waals surface area contributed by atoms with Crippen LogP contribution in [0.4, 0.5) is 0 Å². The number of hydrogen-bond donors (Lipinski definition) is 1. The van der Waals surface area contributed by atoms with Crippen molar-refractivity contribution in [2.24, 2.45) is 0 Å². The zero-order valence-electron chi connectivity index (χ0n) is 16.1. The molecular formula is C25H25NO2. The van der Waals surface area contributed by atoms with Crippen LogP contribution in [0, 0.1) is 0 Å². The van der Waals surface area contributed by atoms with Crippen LogP contribution in [-0.4, -0.2) is 19.6 Å². The molecule has 0 spiro atoms. The Labute approximate surface area is 166 Å². The van der Waals surface area contributed by atoms with Gasteiger partial charge in [0.05, 0.1) is 7.11 Å². The fourth-order valence-corrected chi connectivity index (χ4v) is 3.00. The zero-order chi connectivity index (χ0) is 19.6. The summed E-state index contributed by atoms with van der Waals surface area (Å²) >= 11 is 0. The van der Waals surface area contributed by atoms with Gasteiger partial charge in [0.2, 0.25) is 0 Å². The maximum absolute atomic E-state index is 12.9. The number of nitrogens with one attached hydrogen (secondary N) is 1. The van der Waals surface area contributed by atoms with E-state index in [1.807, 2.05) is 78.9 Å². The van der Waals surface area contributed by atoms with Gasteiger partial charge in [-0.15, -0.1) is 0 Å². The van der Waals surface area contributed by atoms with Crippen molar-refractivity contribution in [3.05, 3.63) is 102 Å². The lowest BCUT2D eigenvalue weighted by molar-refractivity contribution is -0.115. The molecule has 0 radical (unpaired) electrons. The highest BCUT2D eigenvalue weighted by Crippen LogP contribution is 2.20. The van der Waals surface area contributed by atoms with E-state index in [4.69, 9.17) is 4.74 Å². The van der Waals surface area contributed by atoms with Gasteiger partial charge in [-0.2, -0.15) is 0 Å². The molecule has 0 aliphatic rings. The largest absolute Gasteiger partial charge is 0.497 e. The predicted octanol–water partition coefficient (Wildman–Crippen LogP) is 4.98. The Bertz CT molecular complexity index is 900. The Morgan fingerprint density at radius 1 is 0.893 bits per heavy atom. The van der Waals surface area contributed by atoms with E-state index in [0.29, 0.717) is 12.1 Å². The molecule has 1 N–H and O–H groups in total. The van der Waals surface area contributed by atoms with E-state index < -0.39 is 0 Å². The third-order valence-electron chi connectivity index (χ3n) is 4.53. The van der Waals surface area contributed by atoms with Crippen molar-refractivity contribution >= 4 is 17.6 Å². The quantitative estimate of drug-likeness (QED) is 0.344. The average Bonchev–Trinajstić information content (AvgIpc) is 2.76. The lowest BCUT2D eigenvalue weighted by atomic mass is 10.0. The lowest BCUT2D eigenvalue weighted by Crippen LogP contribution is -2.25. The number of benzene rings is 3. The van der Waals surface area contributed by atoms with Crippen LogP contribution in [0.15, 0.2) is 84.9 Å². The molecule has 0 aliphatic carbocycles. The van der Waals surface area contributed by atoms with E-state index in [0.717, 1.165) is 29.7 Å². The van der Waals surface area contributed by atoms with Crippen molar-refractivity contribution in [2.75, 3.05) is 13.7 Å². The molecule has 142 valence electrons. The average molecular weight is 371 g/mol. The highest BCUT2D eigenvalue weighted by atomic mass is 16.5. The molecule has 0 saturated carbocycles. The number of ether oxygens (including phenoxy) is 1. The van der Waals surface area contributed by atoms with E-state index in [1.165, 1.54) is 5.56 Å². The molecule has 3 rings (SSSR count). The fraction of sp³-hybridized carbons (Fsp3) is 0.160. The van der Waals surface area contributed by atoms with Crippen molar-refractivity contribution in [3.8, 4) is 5.75 Å². The molecule has 3 nitrogen and oxygen atoms in total. The molecule has 0 unspecified atom stereocenters. The Kier molecular flexibility index (Phi) is 7.02. The summed E-state index contributed by atoms with van der Waals surface area (Å²) in [5.41, 5.74) is 3.80. The van der Waals surface area contributed by atoms with Gasteiger partial charge in [-0.1, -0.05) is 72.8 Å². The van der Waals surface area contributed by atoms with Gasteiger partial charge in [0.15, 0.2) is 0 Å². The lowest BCUT2D eigenvalue weighted by Gasteiger charge is -2.10. The van der Waals surface area contributed by atoms with E-state index in [9.17, 15) is 4.79 Å². The van der Waals surface area contributed by atoms with Crippen LogP contribution in [0.3, 0.4) is 0 Å². The molecule has 0 aromatic heterocycles. The summed E-state index contributed by atoms with van der Waals surface area (Å²) in [7, 11) is 1.64. The maximum atomic E-state index is 12.9. The van der Waals surface area contributed by atoms with Gasteiger partial charge in [-0.25, -0.2) is 0 Å². The van der Waals surface area contributed by atoms with Gasteiger partial charge in [-0.05, 0) is 47.7 Å². The SMILES string of the molecule is COc1ccc(/C=C(/C(=O)NCCCc2ccccc2)c2ccccc2)cc1. The normalized spacial score (nSPS) is 11.1.